The highest BCUT2D eigenvalue weighted by Crippen LogP contribution is 2.34. The second-order valence-corrected chi connectivity index (χ2v) is 8.45. The second-order valence-electron chi connectivity index (χ2n) is 8.02. The fourth-order valence-corrected chi connectivity index (χ4v) is 4.33. The number of hydrogen-bond acceptors (Lipinski definition) is 3. The molecule has 164 valence electrons. The number of hydrogen-bond donors (Lipinski definition) is 1. The van der Waals surface area contributed by atoms with Crippen molar-refractivity contribution >= 4 is 41.6 Å². The summed E-state index contributed by atoms with van der Waals surface area (Å²) in [6.45, 7) is 4.65. The van der Waals surface area contributed by atoms with Crippen molar-refractivity contribution in [1.82, 2.24) is 4.90 Å². The van der Waals surface area contributed by atoms with Crippen LogP contribution >= 0.6 is 24.0 Å². The standard InChI is InChI=1S/C25H26ClNO3.ClH/c1-17-22-7-3-2-6-19(22)13-24(23(17)16-27-14-20(15-27)25(28)29)30-12-4-5-18-8-10-21(26)11-9-18;/h2-11,20,24H,12-16H2,1H3,(H,28,29);1H. The van der Waals surface area contributed by atoms with E-state index in [-0.39, 0.29) is 24.4 Å². The fourth-order valence-electron chi connectivity index (χ4n) is 4.21. The predicted octanol–water partition coefficient (Wildman–Crippen LogP) is 5.21. The first-order chi connectivity index (χ1) is 14.5. The van der Waals surface area contributed by atoms with Gasteiger partial charge in [-0.15, -0.1) is 12.4 Å². The molecule has 2 aromatic carbocycles. The van der Waals surface area contributed by atoms with Crippen molar-refractivity contribution in [2.24, 2.45) is 5.92 Å². The number of fused-ring (bicyclic) bond motifs is 1. The molecule has 0 aromatic heterocycles. The summed E-state index contributed by atoms with van der Waals surface area (Å²) in [5, 5.41) is 9.89. The van der Waals surface area contributed by atoms with Crippen LogP contribution in [0.1, 0.15) is 23.6 Å². The molecule has 31 heavy (non-hydrogen) atoms. The van der Waals surface area contributed by atoms with Crippen LogP contribution in [0.3, 0.4) is 0 Å². The second kappa shape index (κ2) is 10.5. The monoisotopic (exact) mass is 459 g/mol. The minimum Gasteiger partial charge on any atom is -0.481 e. The van der Waals surface area contributed by atoms with E-state index in [2.05, 4.69) is 36.1 Å². The Hall–Kier alpha value is -2.11. The number of aliphatic carboxylic acids is 1. The third-order valence-electron chi connectivity index (χ3n) is 5.97. The number of rotatable bonds is 7. The zero-order chi connectivity index (χ0) is 21.1. The maximum atomic E-state index is 11.1. The number of likely N-dealkylation sites (tertiary alicyclic amines) is 1. The first-order valence-corrected chi connectivity index (χ1v) is 10.7. The zero-order valence-electron chi connectivity index (χ0n) is 17.5. The normalized spacial score (nSPS) is 19.1. The molecule has 6 heteroatoms. The van der Waals surface area contributed by atoms with E-state index in [0.717, 1.165) is 23.6 Å². The highest BCUT2D eigenvalue weighted by atomic mass is 35.5. The molecular formula is C25H27Cl2NO3. The molecule has 1 saturated heterocycles. The molecule has 0 saturated carbocycles. The molecule has 1 atom stereocenters. The summed E-state index contributed by atoms with van der Waals surface area (Å²) < 4.78 is 6.30. The number of allylic oxidation sites excluding steroid dienone is 1. The van der Waals surface area contributed by atoms with Gasteiger partial charge in [0.1, 0.15) is 0 Å². The summed E-state index contributed by atoms with van der Waals surface area (Å²) in [5.41, 5.74) is 6.18. The van der Waals surface area contributed by atoms with E-state index in [1.165, 1.54) is 22.3 Å². The number of carboxylic acid groups (broad SMARTS) is 1. The van der Waals surface area contributed by atoms with Crippen LogP contribution in [0.4, 0.5) is 0 Å². The van der Waals surface area contributed by atoms with Gasteiger partial charge < -0.3 is 9.84 Å². The Morgan fingerprint density at radius 3 is 2.61 bits per heavy atom. The van der Waals surface area contributed by atoms with Crippen LogP contribution in [0.5, 0.6) is 0 Å². The Bertz CT molecular complexity index is 979. The van der Waals surface area contributed by atoms with Crippen molar-refractivity contribution in [2.75, 3.05) is 26.2 Å². The van der Waals surface area contributed by atoms with Gasteiger partial charge in [-0.3, -0.25) is 9.69 Å². The molecule has 1 N–H and O–H groups in total. The third-order valence-corrected chi connectivity index (χ3v) is 6.22. The summed E-state index contributed by atoms with van der Waals surface area (Å²) in [6.07, 6.45) is 4.91. The summed E-state index contributed by atoms with van der Waals surface area (Å²) >= 11 is 5.94. The Balaban J connectivity index is 0.00000272. The molecule has 1 unspecified atom stereocenters. The Labute approximate surface area is 194 Å². The van der Waals surface area contributed by atoms with Crippen LogP contribution in [0.15, 0.2) is 60.2 Å². The van der Waals surface area contributed by atoms with Gasteiger partial charge in [-0.05, 0) is 46.9 Å². The molecular weight excluding hydrogens is 433 g/mol. The molecule has 1 aliphatic carbocycles. The molecule has 1 fully saturated rings. The largest absolute Gasteiger partial charge is 0.481 e. The molecule has 4 nitrogen and oxygen atoms in total. The van der Waals surface area contributed by atoms with Crippen molar-refractivity contribution < 1.29 is 14.6 Å². The average molecular weight is 460 g/mol. The SMILES string of the molecule is CC1=C(CN2CC(C(=O)O)C2)C(OCC=Cc2ccc(Cl)cc2)Cc2ccccc21.Cl. The quantitative estimate of drug-likeness (QED) is 0.617. The van der Waals surface area contributed by atoms with Crippen molar-refractivity contribution in [1.29, 1.82) is 0 Å². The Kier molecular flexibility index (Phi) is 7.95. The van der Waals surface area contributed by atoms with Crippen LogP contribution in [-0.4, -0.2) is 48.3 Å². The van der Waals surface area contributed by atoms with Crippen molar-refractivity contribution in [3.8, 4) is 0 Å². The molecule has 0 radical (unpaired) electrons. The highest BCUT2D eigenvalue weighted by Gasteiger charge is 2.35. The number of nitrogens with zero attached hydrogens (tertiary/aromatic N) is 1. The molecule has 0 amide bonds. The summed E-state index contributed by atoms with van der Waals surface area (Å²) in [4.78, 5) is 13.3. The van der Waals surface area contributed by atoms with Crippen LogP contribution in [0.25, 0.3) is 11.6 Å². The van der Waals surface area contributed by atoms with Crippen LogP contribution < -0.4 is 0 Å². The predicted molar refractivity (Wildman–Crippen MR) is 128 cm³/mol. The van der Waals surface area contributed by atoms with E-state index in [1.54, 1.807) is 0 Å². The van der Waals surface area contributed by atoms with E-state index in [0.29, 0.717) is 19.7 Å². The zero-order valence-corrected chi connectivity index (χ0v) is 19.0. The first kappa shape index (κ1) is 23.6. The van der Waals surface area contributed by atoms with E-state index < -0.39 is 5.97 Å². The van der Waals surface area contributed by atoms with Gasteiger partial charge in [-0.25, -0.2) is 0 Å². The van der Waals surface area contributed by atoms with Gasteiger partial charge in [0, 0.05) is 31.1 Å². The van der Waals surface area contributed by atoms with Gasteiger partial charge in [0.25, 0.3) is 0 Å². The smallest absolute Gasteiger partial charge is 0.309 e. The lowest BCUT2D eigenvalue weighted by Crippen LogP contribution is -2.51. The third kappa shape index (κ3) is 5.58. The molecule has 2 aromatic rings. The molecule has 1 heterocycles. The van der Waals surface area contributed by atoms with Crippen molar-refractivity contribution in [3.05, 3.63) is 81.9 Å². The highest BCUT2D eigenvalue weighted by molar-refractivity contribution is 6.30. The van der Waals surface area contributed by atoms with Gasteiger partial charge >= 0.3 is 5.97 Å². The lowest BCUT2D eigenvalue weighted by atomic mass is 9.83. The fraction of sp³-hybridized carbons (Fsp3) is 0.320. The average Bonchev–Trinajstić information content (AvgIpc) is 2.70. The van der Waals surface area contributed by atoms with Crippen LogP contribution in [-0.2, 0) is 16.0 Å². The molecule has 1 aliphatic heterocycles. The van der Waals surface area contributed by atoms with E-state index in [4.69, 9.17) is 21.4 Å². The van der Waals surface area contributed by atoms with Crippen molar-refractivity contribution in [3.63, 3.8) is 0 Å². The van der Waals surface area contributed by atoms with Gasteiger partial charge in [-0.2, -0.15) is 0 Å². The first-order valence-electron chi connectivity index (χ1n) is 10.3. The van der Waals surface area contributed by atoms with E-state index in [9.17, 15) is 4.79 Å². The topological polar surface area (TPSA) is 49.8 Å². The lowest BCUT2D eigenvalue weighted by Gasteiger charge is -2.40. The number of carbonyl (C=O) groups is 1. The minimum atomic E-state index is -0.703. The van der Waals surface area contributed by atoms with E-state index in [1.807, 2.05) is 36.4 Å². The van der Waals surface area contributed by atoms with Gasteiger partial charge in [0.2, 0.25) is 0 Å². The summed E-state index contributed by atoms with van der Waals surface area (Å²) in [5.74, 6) is -0.950. The molecule has 0 spiro atoms. The number of ether oxygens (including phenoxy) is 1. The maximum Gasteiger partial charge on any atom is 0.309 e. The number of carboxylic acids is 1. The van der Waals surface area contributed by atoms with Crippen molar-refractivity contribution in [2.45, 2.75) is 19.4 Å². The number of benzene rings is 2. The summed E-state index contributed by atoms with van der Waals surface area (Å²) in [7, 11) is 0. The maximum absolute atomic E-state index is 11.1. The van der Waals surface area contributed by atoms with E-state index >= 15 is 0 Å². The van der Waals surface area contributed by atoms with Gasteiger partial charge in [-0.1, -0.05) is 60.2 Å². The van der Waals surface area contributed by atoms with Crippen LogP contribution in [0, 0.1) is 5.92 Å². The molecule has 0 bridgehead atoms. The minimum absolute atomic E-state index is 0. The number of halogens is 2. The van der Waals surface area contributed by atoms with Crippen LogP contribution in [0.2, 0.25) is 5.02 Å². The molecule has 4 rings (SSSR count). The summed E-state index contributed by atoms with van der Waals surface area (Å²) in [6, 6.07) is 16.2. The van der Waals surface area contributed by atoms with Gasteiger partial charge in [0.05, 0.1) is 18.6 Å². The lowest BCUT2D eigenvalue weighted by molar-refractivity contribution is -0.147. The van der Waals surface area contributed by atoms with Gasteiger partial charge in [0.15, 0.2) is 0 Å². The Morgan fingerprint density at radius 2 is 1.90 bits per heavy atom. The molecule has 2 aliphatic rings. The Morgan fingerprint density at radius 1 is 1.19 bits per heavy atom.